The first-order valence-corrected chi connectivity index (χ1v) is 8.04. The second-order valence-corrected chi connectivity index (χ2v) is 6.34. The first kappa shape index (κ1) is 15.4. The maximum Gasteiger partial charge on any atom is 0.264 e. The van der Waals surface area contributed by atoms with Crippen LogP contribution in [0.5, 0.6) is 0 Å². The van der Waals surface area contributed by atoms with Crippen molar-refractivity contribution in [2.24, 2.45) is 0 Å². The van der Waals surface area contributed by atoms with E-state index in [4.69, 9.17) is 0 Å². The highest BCUT2D eigenvalue weighted by Gasteiger charge is 2.26. The van der Waals surface area contributed by atoms with Crippen molar-refractivity contribution in [3.8, 4) is 0 Å². The van der Waals surface area contributed by atoms with E-state index in [1.165, 1.54) is 12.4 Å². The molecule has 1 fully saturated rings. The molecule has 1 unspecified atom stereocenters. The van der Waals surface area contributed by atoms with Crippen LogP contribution in [0.25, 0.3) is 0 Å². The Bertz CT molecular complexity index is 659. The number of pyridine rings is 1. The summed E-state index contributed by atoms with van der Waals surface area (Å²) in [7, 11) is -3.53. The summed E-state index contributed by atoms with van der Waals surface area (Å²) in [5.41, 5.74) is 1.11. The Kier molecular flexibility index (Phi) is 4.53. The standard InChI is InChI=1S/C12H15N3O5S/c1-21(18,19)20-7-8-4-9(6-13-5-8)14-10-2-3-11(16)15-12(10)17/h4-6,10,14H,2-3,7H2,1H3,(H,15,16,17). The van der Waals surface area contributed by atoms with Gasteiger partial charge >= 0.3 is 0 Å². The van der Waals surface area contributed by atoms with Crippen molar-refractivity contribution in [3.63, 3.8) is 0 Å². The number of imide groups is 1. The number of hydrogen-bond acceptors (Lipinski definition) is 7. The van der Waals surface area contributed by atoms with Crippen LogP contribution in [0.2, 0.25) is 0 Å². The second-order valence-electron chi connectivity index (χ2n) is 4.70. The van der Waals surface area contributed by atoms with Gasteiger partial charge in [0.15, 0.2) is 0 Å². The van der Waals surface area contributed by atoms with E-state index in [9.17, 15) is 18.0 Å². The highest BCUT2D eigenvalue weighted by atomic mass is 32.2. The minimum absolute atomic E-state index is 0.128. The molecular weight excluding hydrogens is 298 g/mol. The molecule has 0 bridgehead atoms. The van der Waals surface area contributed by atoms with Crippen LogP contribution in [0.15, 0.2) is 18.5 Å². The van der Waals surface area contributed by atoms with E-state index in [2.05, 4.69) is 19.8 Å². The van der Waals surface area contributed by atoms with Crippen LogP contribution in [-0.2, 0) is 30.5 Å². The van der Waals surface area contributed by atoms with Crippen LogP contribution in [0, 0.1) is 0 Å². The van der Waals surface area contributed by atoms with Gasteiger partial charge in [-0.2, -0.15) is 8.42 Å². The molecule has 1 aromatic heterocycles. The van der Waals surface area contributed by atoms with Crippen molar-refractivity contribution in [1.29, 1.82) is 0 Å². The monoisotopic (exact) mass is 313 g/mol. The highest BCUT2D eigenvalue weighted by molar-refractivity contribution is 7.85. The molecule has 0 aliphatic carbocycles. The van der Waals surface area contributed by atoms with Crippen LogP contribution in [0.3, 0.4) is 0 Å². The van der Waals surface area contributed by atoms with E-state index in [0.29, 0.717) is 17.7 Å². The third kappa shape index (κ3) is 4.80. The lowest BCUT2D eigenvalue weighted by Gasteiger charge is -2.22. The van der Waals surface area contributed by atoms with Gasteiger partial charge < -0.3 is 5.32 Å². The topological polar surface area (TPSA) is 114 Å². The Labute approximate surface area is 122 Å². The predicted octanol–water partition coefficient (Wildman–Crippen LogP) is -0.225. The quantitative estimate of drug-likeness (QED) is 0.570. The molecule has 1 aliphatic rings. The Morgan fingerprint density at radius 2 is 2.19 bits per heavy atom. The second kappa shape index (κ2) is 6.19. The molecule has 1 saturated heterocycles. The van der Waals surface area contributed by atoms with Crippen LogP contribution < -0.4 is 10.6 Å². The maximum absolute atomic E-state index is 11.6. The van der Waals surface area contributed by atoms with Gasteiger partial charge in [-0.1, -0.05) is 0 Å². The van der Waals surface area contributed by atoms with Gasteiger partial charge in [0.1, 0.15) is 6.04 Å². The van der Waals surface area contributed by atoms with Crippen molar-refractivity contribution in [2.75, 3.05) is 11.6 Å². The summed E-state index contributed by atoms with van der Waals surface area (Å²) in [5.74, 6) is -0.671. The maximum atomic E-state index is 11.6. The summed E-state index contributed by atoms with van der Waals surface area (Å²) in [4.78, 5) is 26.6. The molecule has 2 rings (SSSR count). The molecule has 0 aromatic carbocycles. The van der Waals surface area contributed by atoms with Gasteiger partial charge in [-0.3, -0.25) is 24.1 Å². The number of anilines is 1. The van der Waals surface area contributed by atoms with Crippen molar-refractivity contribution in [3.05, 3.63) is 24.0 Å². The Balaban J connectivity index is 2.01. The summed E-state index contributed by atoms with van der Waals surface area (Å²) in [6.07, 6.45) is 4.61. The van der Waals surface area contributed by atoms with Crippen LogP contribution >= 0.6 is 0 Å². The van der Waals surface area contributed by atoms with E-state index in [-0.39, 0.29) is 24.8 Å². The summed E-state index contributed by atoms with van der Waals surface area (Å²) < 4.78 is 26.6. The SMILES string of the molecule is CS(=O)(=O)OCc1cncc(NC2CCC(=O)NC2=O)c1. The largest absolute Gasteiger partial charge is 0.372 e. The molecule has 9 heteroatoms. The highest BCUT2D eigenvalue weighted by Crippen LogP contribution is 2.15. The van der Waals surface area contributed by atoms with E-state index < -0.39 is 16.2 Å². The van der Waals surface area contributed by atoms with Crippen molar-refractivity contribution in [1.82, 2.24) is 10.3 Å². The number of hydrogen-bond donors (Lipinski definition) is 2. The Morgan fingerprint density at radius 3 is 2.86 bits per heavy atom. The third-order valence-corrected chi connectivity index (χ3v) is 3.36. The molecule has 2 N–H and O–H groups in total. The van der Waals surface area contributed by atoms with Gasteiger partial charge in [0.25, 0.3) is 10.1 Å². The summed E-state index contributed by atoms with van der Waals surface area (Å²) in [5, 5.41) is 5.20. The molecule has 0 spiro atoms. The smallest absolute Gasteiger partial charge is 0.264 e. The number of rotatable bonds is 5. The molecule has 2 heterocycles. The molecule has 114 valence electrons. The lowest BCUT2D eigenvalue weighted by Crippen LogP contribution is -2.47. The van der Waals surface area contributed by atoms with Crippen LogP contribution in [0.4, 0.5) is 5.69 Å². The van der Waals surface area contributed by atoms with Crippen LogP contribution in [0.1, 0.15) is 18.4 Å². The lowest BCUT2D eigenvalue weighted by atomic mass is 10.1. The minimum atomic E-state index is -3.53. The number of nitrogens with one attached hydrogen (secondary N) is 2. The Hall–Kier alpha value is -2.00. The van der Waals surface area contributed by atoms with E-state index >= 15 is 0 Å². The zero-order valence-electron chi connectivity index (χ0n) is 11.3. The van der Waals surface area contributed by atoms with Gasteiger partial charge in [0, 0.05) is 18.8 Å². The van der Waals surface area contributed by atoms with E-state index in [1.54, 1.807) is 6.07 Å². The van der Waals surface area contributed by atoms with Crippen molar-refractivity contribution >= 4 is 27.6 Å². The van der Waals surface area contributed by atoms with Gasteiger partial charge in [0.05, 0.1) is 18.6 Å². The van der Waals surface area contributed by atoms with Gasteiger partial charge in [0.2, 0.25) is 11.8 Å². The number of carbonyl (C=O) groups is 2. The fraction of sp³-hybridized carbons (Fsp3) is 0.417. The fourth-order valence-corrected chi connectivity index (χ4v) is 2.20. The molecule has 0 radical (unpaired) electrons. The molecule has 1 aliphatic heterocycles. The molecule has 0 saturated carbocycles. The predicted molar refractivity (Wildman–Crippen MR) is 73.7 cm³/mol. The van der Waals surface area contributed by atoms with Crippen molar-refractivity contribution < 1.29 is 22.2 Å². The summed E-state index contributed by atoms with van der Waals surface area (Å²) in [6.45, 7) is -0.128. The number of aromatic nitrogens is 1. The third-order valence-electron chi connectivity index (χ3n) is 2.81. The van der Waals surface area contributed by atoms with E-state index in [1.807, 2.05) is 0 Å². The minimum Gasteiger partial charge on any atom is -0.372 e. The molecule has 1 atom stereocenters. The fourth-order valence-electron chi connectivity index (χ4n) is 1.85. The summed E-state index contributed by atoms with van der Waals surface area (Å²) >= 11 is 0. The average molecular weight is 313 g/mol. The van der Waals surface area contributed by atoms with Crippen LogP contribution in [-0.4, -0.2) is 37.5 Å². The molecule has 1 aromatic rings. The molecular formula is C12H15N3O5S. The summed E-state index contributed by atoms with van der Waals surface area (Å²) in [6, 6.07) is 1.12. The molecule has 21 heavy (non-hydrogen) atoms. The van der Waals surface area contributed by atoms with Gasteiger partial charge in [-0.05, 0) is 18.1 Å². The van der Waals surface area contributed by atoms with Crippen molar-refractivity contribution in [2.45, 2.75) is 25.5 Å². The Morgan fingerprint density at radius 1 is 1.43 bits per heavy atom. The first-order chi connectivity index (χ1) is 9.83. The lowest BCUT2D eigenvalue weighted by molar-refractivity contribution is -0.133. The normalized spacial score (nSPS) is 19.2. The molecule has 2 amide bonds. The number of amides is 2. The number of carbonyl (C=O) groups excluding carboxylic acids is 2. The van der Waals surface area contributed by atoms with E-state index in [0.717, 1.165) is 6.26 Å². The van der Waals surface area contributed by atoms with Gasteiger partial charge in [-0.25, -0.2) is 0 Å². The average Bonchev–Trinajstić information content (AvgIpc) is 2.39. The number of nitrogens with zero attached hydrogens (tertiary/aromatic N) is 1. The zero-order chi connectivity index (χ0) is 15.5. The molecule has 8 nitrogen and oxygen atoms in total. The van der Waals surface area contributed by atoms with Gasteiger partial charge in [-0.15, -0.1) is 0 Å². The number of piperidine rings is 1. The first-order valence-electron chi connectivity index (χ1n) is 6.22. The zero-order valence-corrected chi connectivity index (χ0v) is 12.1.